The fraction of sp³-hybridized carbons (Fsp3) is 0.222. The Balaban J connectivity index is 1.68. The van der Waals surface area contributed by atoms with Crippen molar-refractivity contribution in [2.45, 2.75) is 31.1 Å². The van der Waals surface area contributed by atoms with Crippen LogP contribution < -0.4 is 10.1 Å². The summed E-state index contributed by atoms with van der Waals surface area (Å²) in [6.45, 7) is 3.93. The number of carbonyl (C=O) groups excluding carboxylic acids is 3. The number of ketones is 1. The lowest BCUT2D eigenvalue weighted by atomic mass is 9.82. The maximum Gasteiger partial charge on any atom is 0.337 e. The van der Waals surface area contributed by atoms with E-state index in [2.05, 4.69) is 10.1 Å². The van der Waals surface area contributed by atoms with Crippen molar-refractivity contribution in [1.29, 1.82) is 0 Å². The molecule has 2 atom stereocenters. The number of hydrogen-bond acceptors (Lipinski definition) is 8. The van der Waals surface area contributed by atoms with Crippen molar-refractivity contribution in [2.75, 3.05) is 7.11 Å². The first kappa shape index (κ1) is 24.1. The number of esters is 1. The molecule has 2 aliphatic rings. The van der Waals surface area contributed by atoms with Gasteiger partial charge in [-0.15, -0.1) is 0 Å². The molecule has 10 heteroatoms. The van der Waals surface area contributed by atoms with Crippen LogP contribution in [-0.4, -0.2) is 34.8 Å². The Morgan fingerprint density at radius 1 is 1.05 bits per heavy atom. The first-order valence-electron chi connectivity index (χ1n) is 11.4. The van der Waals surface area contributed by atoms with Gasteiger partial charge in [0.2, 0.25) is 11.3 Å². The first-order valence-corrected chi connectivity index (χ1v) is 11.4. The van der Waals surface area contributed by atoms with Gasteiger partial charge in [0.25, 0.3) is 17.4 Å². The Kier molecular flexibility index (Phi) is 5.38. The van der Waals surface area contributed by atoms with Crippen LogP contribution in [0.2, 0.25) is 0 Å². The molecule has 0 saturated carbocycles. The topological polar surface area (TPSA) is 145 Å². The van der Waals surface area contributed by atoms with E-state index in [-0.39, 0.29) is 39.5 Å². The molecule has 0 aromatic heterocycles. The van der Waals surface area contributed by atoms with Gasteiger partial charge in [-0.05, 0) is 41.8 Å². The molecule has 1 amide bonds. The van der Waals surface area contributed by atoms with Crippen molar-refractivity contribution in [3.05, 3.63) is 104 Å². The molecule has 0 saturated heterocycles. The highest BCUT2D eigenvalue weighted by molar-refractivity contribution is 6.15. The highest BCUT2D eigenvalue weighted by Crippen LogP contribution is 2.59. The van der Waals surface area contributed by atoms with Gasteiger partial charge >= 0.3 is 5.97 Å². The fourth-order valence-electron chi connectivity index (χ4n) is 4.97. The van der Waals surface area contributed by atoms with Gasteiger partial charge in [-0.25, -0.2) is 4.79 Å². The molecule has 2 unspecified atom stereocenters. The van der Waals surface area contributed by atoms with Crippen LogP contribution >= 0.6 is 0 Å². The third-order valence-electron chi connectivity index (χ3n) is 6.88. The van der Waals surface area contributed by atoms with E-state index in [1.165, 1.54) is 43.5 Å². The lowest BCUT2D eigenvalue weighted by Gasteiger charge is -2.34. The van der Waals surface area contributed by atoms with Gasteiger partial charge in [0.05, 0.1) is 17.6 Å². The average Bonchev–Trinajstić information content (AvgIpc) is 3.24. The number of aliphatic hydroxyl groups is 1. The van der Waals surface area contributed by atoms with Gasteiger partial charge in [0.15, 0.2) is 0 Å². The number of carbonyl (C=O) groups is 3. The van der Waals surface area contributed by atoms with Crippen LogP contribution in [0.25, 0.3) is 0 Å². The summed E-state index contributed by atoms with van der Waals surface area (Å²) < 4.78 is 10.7. The predicted octanol–water partition coefficient (Wildman–Crippen LogP) is 3.56. The number of nitrogens with zero attached hydrogens (tertiary/aromatic N) is 1. The van der Waals surface area contributed by atoms with Gasteiger partial charge in [0, 0.05) is 22.8 Å². The first-order chi connectivity index (χ1) is 17.5. The quantitative estimate of drug-likeness (QED) is 0.306. The van der Waals surface area contributed by atoms with Crippen molar-refractivity contribution in [2.24, 2.45) is 0 Å². The largest absolute Gasteiger partial charge is 0.465 e. The highest BCUT2D eigenvalue weighted by atomic mass is 16.6. The van der Waals surface area contributed by atoms with E-state index >= 15 is 0 Å². The number of nitrogens with one attached hydrogen (secondary N) is 1. The second-order valence-electron chi connectivity index (χ2n) is 9.22. The molecule has 0 fully saturated rings. The maximum atomic E-state index is 14.0. The van der Waals surface area contributed by atoms with E-state index in [0.717, 1.165) is 11.6 Å². The van der Waals surface area contributed by atoms with Crippen molar-refractivity contribution in [1.82, 2.24) is 5.32 Å². The van der Waals surface area contributed by atoms with Gasteiger partial charge in [-0.2, -0.15) is 0 Å². The van der Waals surface area contributed by atoms with Crippen LogP contribution in [-0.2, 0) is 16.1 Å². The summed E-state index contributed by atoms with van der Waals surface area (Å²) in [7, 11) is 1.23. The van der Waals surface area contributed by atoms with E-state index in [9.17, 15) is 29.6 Å². The van der Waals surface area contributed by atoms with Gasteiger partial charge < -0.3 is 19.9 Å². The van der Waals surface area contributed by atoms with Gasteiger partial charge in [-0.1, -0.05) is 38.1 Å². The number of benzene rings is 3. The summed E-state index contributed by atoms with van der Waals surface area (Å²) in [5.74, 6) is -4.37. The molecule has 1 aliphatic carbocycles. The normalized spacial score (nSPS) is 21.1. The Morgan fingerprint density at radius 3 is 2.35 bits per heavy atom. The molecule has 3 aromatic rings. The molecule has 10 nitrogen and oxygen atoms in total. The number of nitro groups is 1. The Hall–Kier alpha value is -4.57. The number of methoxy groups -OCH3 is 1. The lowest BCUT2D eigenvalue weighted by Crippen LogP contribution is -2.60. The average molecular weight is 502 g/mol. The van der Waals surface area contributed by atoms with E-state index in [4.69, 9.17) is 4.74 Å². The van der Waals surface area contributed by atoms with E-state index < -0.39 is 39.6 Å². The Bertz CT molecular complexity index is 1500. The number of nitro benzene ring substituents is 1. The number of ether oxygens (including phenoxy) is 2. The summed E-state index contributed by atoms with van der Waals surface area (Å²) in [5.41, 5.74) is -1.82. The van der Waals surface area contributed by atoms with Gasteiger partial charge in [-0.3, -0.25) is 19.7 Å². The highest BCUT2D eigenvalue weighted by Gasteiger charge is 2.73. The number of hydrogen-bond donors (Lipinski definition) is 2. The minimum absolute atomic E-state index is 0.0786. The van der Waals surface area contributed by atoms with Crippen molar-refractivity contribution in [3.8, 4) is 5.75 Å². The van der Waals surface area contributed by atoms with E-state index in [1.54, 1.807) is 18.2 Å². The molecular formula is C27H22N2O8. The summed E-state index contributed by atoms with van der Waals surface area (Å²) in [5, 5.41) is 26.4. The zero-order valence-electron chi connectivity index (χ0n) is 20.1. The van der Waals surface area contributed by atoms with Gasteiger partial charge in [0.1, 0.15) is 11.3 Å². The molecule has 0 radical (unpaired) electrons. The molecule has 2 N–H and O–H groups in total. The molecule has 5 rings (SSSR count). The van der Waals surface area contributed by atoms with Crippen LogP contribution in [0, 0.1) is 10.1 Å². The van der Waals surface area contributed by atoms with Crippen molar-refractivity contribution >= 4 is 23.3 Å². The minimum Gasteiger partial charge on any atom is -0.465 e. The maximum absolute atomic E-state index is 14.0. The summed E-state index contributed by atoms with van der Waals surface area (Å²) >= 11 is 0. The summed E-state index contributed by atoms with van der Waals surface area (Å²) in [6.07, 6.45) is 0. The SMILES string of the molecule is COC(=O)c1ccc(C(=O)NC23C(=O)c4c([N+](=O)[O-])cccc4C2(O)Oc2cc(C(C)C)ccc23)cc1. The number of Topliss-reactive ketones (excluding diaryl/α,β-unsaturated/α-hetero) is 1. The van der Waals surface area contributed by atoms with Crippen molar-refractivity contribution in [3.63, 3.8) is 0 Å². The molecule has 1 heterocycles. The standard InChI is InChI=1S/C27H22N2O8/c1-14(2)17-11-12-18-21(13-17)37-27(33)19-5-4-6-20(29(34)35)22(19)23(30)26(18,27)28-24(31)15-7-9-16(10-8-15)25(32)36-3/h4-14,33H,1-3H3,(H,28,31). The smallest absolute Gasteiger partial charge is 0.337 e. The zero-order valence-corrected chi connectivity index (χ0v) is 20.1. The molecule has 3 aromatic carbocycles. The summed E-state index contributed by atoms with van der Waals surface area (Å²) in [6, 6.07) is 14.4. The Labute approximate surface area is 211 Å². The number of amides is 1. The van der Waals surface area contributed by atoms with Crippen molar-refractivity contribution < 1.29 is 33.9 Å². The van der Waals surface area contributed by atoms with Crippen LogP contribution in [0.3, 0.4) is 0 Å². The third kappa shape index (κ3) is 3.26. The Morgan fingerprint density at radius 2 is 1.73 bits per heavy atom. The van der Waals surface area contributed by atoms with E-state index in [0.29, 0.717) is 0 Å². The second kappa shape index (κ2) is 8.24. The third-order valence-corrected chi connectivity index (χ3v) is 6.88. The second-order valence-corrected chi connectivity index (χ2v) is 9.22. The molecule has 37 heavy (non-hydrogen) atoms. The molecule has 188 valence electrons. The summed E-state index contributed by atoms with van der Waals surface area (Å²) in [4.78, 5) is 50.3. The zero-order chi connectivity index (χ0) is 26.7. The predicted molar refractivity (Wildman–Crippen MR) is 129 cm³/mol. The van der Waals surface area contributed by atoms with E-state index in [1.807, 2.05) is 13.8 Å². The number of fused-ring (bicyclic) bond motifs is 5. The number of rotatable bonds is 5. The van der Waals surface area contributed by atoms with Crippen LogP contribution in [0.1, 0.15) is 67.5 Å². The fourth-order valence-corrected chi connectivity index (χ4v) is 4.97. The minimum atomic E-state index is -2.44. The lowest BCUT2D eigenvalue weighted by molar-refractivity contribution is -0.385. The molecular weight excluding hydrogens is 480 g/mol. The van der Waals surface area contributed by atoms with Crippen LogP contribution in [0.4, 0.5) is 5.69 Å². The molecule has 0 spiro atoms. The van der Waals surface area contributed by atoms with Crippen LogP contribution in [0.5, 0.6) is 5.75 Å². The molecule has 1 aliphatic heterocycles. The van der Waals surface area contributed by atoms with Crippen LogP contribution in [0.15, 0.2) is 60.7 Å². The monoisotopic (exact) mass is 502 g/mol. The molecule has 0 bridgehead atoms.